The minimum Gasteiger partial charge on any atom is -0.465 e. The SMILES string of the molecule is CCCC(NCC(C)N(C)C1CC1)C(=O)OCC. The first-order valence-electron chi connectivity index (χ1n) is 7.22. The molecule has 1 fully saturated rings. The number of nitrogens with zero attached hydrogens (tertiary/aromatic N) is 1. The Morgan fingerprint density at radius 3 is 2.61 bits per heavy atom. The van der Waals surface area contributed by atoms with Gasteiger partial charge in [0.25, 0.3) is 0 Å². The van der Waals surface area contributed by atoms with E-state index in [-0.39, 0.29) is 12.0 Å². The Bertz CT molecular complexity index is 254. The molecule has 0 heterocycles. The number of nitrogens with one attached hydrogen (secondary N) is 1. The molecule has 0 aromatic heterocycles. The molecule has 0 amide bonds. The van der Waals surface area contributed by atoms with Gasteiger partial charge in [0.1, 0.15) is 6.04 Å². The summed E-state index contributed by atoms with van der Waals surface area (Å²) in [5.41, 5.74) is 0. The number of esters is 1. The normalized spacial score (nSPS) is 18.7. The number of hydrogen-bond acceptors (Lipinski definition) is 4. The molecule has 106 valence electrons. The van der Waals surface area contributed by atoms with Crippen LogP contribution in [0.5, 0.6) is 0 Å². The van der Waals surface area contributed by atoms with E-state index in [2.05, 4.69) is 31.1 Å². The van der Waals surface area contributed by atoms with Crippen LogP contribution >= 0.6 is 0 Å². The van der Waals surface area contributed by atoms with Crippen molar-refractivity contribution in [2.75, 3.05) is 20.2 Å². The molecule has 1 aliphatic carbocycles. The van der Waals surface area contributed by atoms with E-state index < -0.39 is 0 Å². The first kappa shape index (κ1) is 15.4. The largest absolute Gasteiger partial charge is 0.465 e. The van der Waals surface area contributed by atoms with E-state index in [1.54, 1.807) is 0 Å². The fraction of sp³-hybridized carbons (Fsp3) is 0.929. The van der Waals surface area contributed by atoms with Gasteiger partial charge in [-0.15, -0.1) is 0 Å². The highest BCUT2D eigenvalue weighted by Gasteiger charge is 2.29. The molecule has 0 aromatic rings. The summed E-state index contributed by atoms with van der Waals surface area (Å²) < 4.78 is 5.09. The van der Waals surface area contributed by atoms with Crippen LogP contribution in [0.15, 0.2) is 0 Å². The summed E-state index contributed by atoms with van der Waals surface area (Å²) in [5.74, 6) is -0.111. The van der Waals surface area contributed by atoms with Crippen LogP contribution in [0.4, 0.5) is 0 Å². The van der Waals surface area contributed by atoms with E-state index in [0.717, 1.165) is 25.4 Å². The van der Waals surface area contributed by atoms with Crippen molar-refractivity contribution in [1.82, 2.24) is 10.2 Å². The zero-order valence-electron chi connectivity index (χ0n) is 12.2. The van der Waals surface area contributed by atoms with Crippen molar-refractivity contribution in [1.29, 1.82) is 0 Å². The molecular weight excluding hydrogens is 228 g/mol. The quantitative estimate of drug-likeness (QED) is 0.639. The van der Waals surface area contributed by atoms with Crippen LogP contribution in [0.1, 0.15) is 46.5 Å². The summed E-state index contributed by atoms with van der Waals surface area (Å²) in [5, 5.41) is 3.35. The van der Waals surface area contributed by atoms with Crippen LogP contribution in [0.2, 0.25) is 0 Å². The van der Waals surface area contributed by atoms with Crippen molar-refractivity contribution in [3.63, 3.8) is 0 Å². The Morgan fingerprint density at radius 2 is 2.11 bits per heavy atom. The van der Waals surface area contributed by atoms with Crippen LogP contribution in [0.3, 0.4) is 0 Å². The second kappa shape index (κ2) is 7.74. The van der Waals surface area contributed by atoms with E-state index in [9.17, 15) is 4.79 Å². The first-order chi connectivity index (χ1) is 8.60. The minimum absolute atomic E-state index is 0.111. The summed E-state index contributed by atoms with van der Waals surface area (Å²) in [4.78, 5) is 14.2. The number of ether oxygens (including phenoxy) is 1. The van der Waals surface area contributed by atoms with Gasteiger partial charge >= 0.3 is 5.97 Å². The predicted molar refractivity (Wildman–Crippen MR) is 73.6 cm³/mol. The van der Waals surface area contributed by atoms with Gasteiger partial charge in [0.2, 0.25) is 0 Å². The van der Waals surface area contributed by atoms with Crippen LogP contribution in [0, 0.1) is 0 Å². The number of likely N-dealkylation sites (N-methyl/N-ethyl adjacent to an activating group) is 1. The summed E-state index contributed by atoms with van der Waals surface area (Å²) in [6.45, 7) is 7.45. The zero-order valence-corrected chi connectivity index (χ0v) is 12.2. The summed E-state index contributed by atoms with van der Waals surface area (Å²) >= 11 is 0. The van der Waals surface area contributed by atoms with Gasteiger partial charge in [-0.2, -0.15) is 0 Å². The van der Waals surface area contributed by atoms with Crippen molar-refractivity contribution in [3.05, 3.63) is 0 Å². The van der Waals surface area contributed by atoms with E-state index >= 15 is 0 Å². The molecule has 0 saturated heterocycles. The van der Waals surface area contributed by atoms with Gasteiger partial charge < -0.3 is 10.1 Å². The fourth-order valence-electron chi connectivity index (χ4n) is 2.13. The lowest BCUT2D eigenvalue weighted by Gasteiger charge is -2.26. The molecule has 0 bridgehead atoms. The highest BCUT2D eigenvalue weighted by Crippen LogP contribution is 2.26. The Hall–Kier alpha value is -0.610. The van der Waals surface area contributed by atoms with Gasteiger partial charge in [-0.3, -0.25) is 9.69 Å². The third-order valence-electron chi connectivity index (χ3n) is 3.63. The average molecular weight is 256 g/mol. The van der Waals surface area contributed by atoms with Gasteiger partial charge in [-0.25, -0.2) is 0 Å². The van der Waals surface area contributed by atoms with Crippen molar-refractivity contribution >= 4 is 5.97 Å². The topological polar surface area (TPSA) is 41.6 Å². The third kappa shape index (κ3) is 4.94. The monoisotopic (exact) mass is 256 g/mol. The summed E-state index contributed by atoms with van der Waals surface area (Å²) in [6.07, 6.45) is 4.47. The number of hydrogen-bond donors (Lipinski definition) is 1. The lowest BCUT2D eigenvalue weighted by molar-refractivity contribution is -0.145. The molecule has 4 nitrogen and oxygen atoms in total. The Kier molecular flexibility index (Phi) is 6.65. The molecule has 1 N–H and O–H groups in total. The van der Waals surface area contributed by atoms with Crippen molar-refractivity contribution < 1.29 is 9.53 Å². The van der Waals surface area contributed by atoms with Crippen LogP contribution in [-0.4, -0.2) is 49.2 Å². The molecule has 1 rings (SSSR count). The maximum absolute atomic E-state index is 11.8. The number of carbonyl (C=O) groups is 1. The zero-order chi connectivity index (χ0) is 13.5. The standard InChI is InChI=1S/C14H28N2O2/c1-5-7-13(14(17)18-6-2)15-10-11(3)16(4)12-8-9-12/h11-13,15H,5-10H2,1-4H3. The van der Waals surface area contributed by atoms with Crippen LogP contribution in [0.25, 0.3) is 0 Å². The van der Waals surface area contributed by atoms with Crippen molar-refractivity contribution in [3.8, 4) is 0 Å². The first-order valence-corrected chi connectivity index (χ1v) is 7.22. The second-order valence-corrected chi connectivity index (χ2v) is 5.25. The van der Waals surface area contributed by atoms with Gasteiger partial charge in [-0.1, -0.05) is 13.3 Å². The average Bonchev–Trinajstić information content (AvgIpc) is 3.17. The van der Waals surface area contributed by atoms with Crippen LogP contribution in [-0.2, 0) is 9.53 Å². The number of rotatable bonds is 9. The van der Waals surface area contributed by atoms with Crippen LogP contribution < -0.4 is 5.32 Å². The Morgan fingerprint density at radius 1 is 1.44 bits per heavy atom. The van der Waals surface area contributed by atoms with Gasteiger partial charge in [0.05, 0.1) is 6.61 Å². The van der Waals surface area contributed by atoms with E-state index in [1.807, 2.05) is 6.92 Å². The molecule has 0 spiro atoms. The molecule has 1 aliphatic rings. The highest BCUT2D eigenvalue weighted by molar-refractivity contribution is 5.75. The summed E-state index contributed by atoms with van der Waals surface area (Å²) in [6, 6.07) is 1.07. The van der Waals surface area contributed by atoms with E-state index in [1.165, 1.54) is 12.8 Å². The number of carbonyl (C=O) groups excluding carboxylic acids is 1. The Balaban J connectivity index is 2.33. The maximum Gasteiger partial charge on any atom is 0.323 e. The molecule has 4 heteroatoms. The summed E-state index contributed by atoms with van der Waals surface area (Å²) in [7, 11) is 2.17. The van der Waals surface area contributed by atoms with Gasteiger partial charge in [0, 0.05) is 18.6 Å². The Labute approximate surface area is 111 Å². The lowest BCUT2D eigenvalue weighted by atomic mass is 10.1. The van der Waals surface area contributed by atoms with Gasteiger partial charge in [-0.05, 0) is 40.2 Å². The highest BCUT2D eigenvalue weighted by atomic mass is 16.5. The molecule has 0 aromatic carbocycles. The third-order valence-corrected chi connectivity index (χ3v) is 3.63. The van der Waals surface area contributed by atoms with E-state index in [0.29, 0.717) is 12.6 Å². The molecular formula is C14H28N2O2. The molecule has 2 atom stereocenters. The smallest absolute Gasteiger partial charge is 0.323 e. The fourth-order valence-corrected chi connectivity index (χ4v) is 2.13. The predicted octanol–water partition coefficient (Wildman–Crippen LogP) is 1.79. The molecule has 0 aliphatic heterocycles. The van der Waals surface area contributed by atoms with Gasteiger partial charge in [0.15, 0.2) is 0 Å². The second-order valence-electron chi connectivity index (χ2n) is 5.25. The molecule has 1 saturated carbocycles. The molecule has 0 radical (unpaired) electrons. The lowest BCUT2D eigenvalue weighted by Crippen LogP contribution is -2.46. The molecule has 2 unspecified atom stereocenters. The maximum atomic E-state index is 11.8. The molecule has 18 heavy (non-hydrogen) atoms. The van der Waals surface area contributed by atoms with Crippen molar-refractivity contribution in [2.24, 2.45) is 0 Å². The minimum atomic E-state index is -0.148. The van der Waals surface area contributed by atoms with Crippen molar-refractivity contribution in [2.45, 2.75) is 64.6 Å². The van der Waals surface area contributed by atoms with E-state index in [4.69, 9.17) is 4.74 Å².